The third-order valence-electron chi connectivity index (χ3n) is 3.92. The van der Waals surface area contributed by atoms with Gasteiger partial charge in [0, 0.05) is 18.7 Å². The summed E-state index contributed by atoms with van der Waals surface area (Å²) in [6.07, 6.45) is 2.57. The number of anilines is 1. The number of nitrogens with zero attached hydrogens (tertiary/aromatic N) is 1. The number of rotatable bonds is 3. The summed E-state index contributed by atoms with van der Waals surface area (Å²) < 4.78 is 0. The average molecular weight is 295 g/mol. The molecule has 1 aliphatic rings. The van der Waals surface area contributed by atoms with Crippen LogP contribution in [-0.4, -0.2) is 23.5 Å². The Hall–Kier alpha value is -2.62. The van der Waals surface area contributed by atoms with Gasteiger partial charge in [-0.15, -0.1) is 0 Å². The highest BCUT2D eigenvalue weighted by Crippen LogP contribution is 2.27. The van der Waals surface area contributed by atoms with Gasteiger partial charge in [-0.1, -0.05) is 24.3 Å². The standard InChI is InChI=1S/C18H17NO3/c20-17-9-1-2-10-19(17)16-8-4-6-14(12-16)13-5-3-7-15(11-13)18(21)22/h3-8,11-12H,1-2,9-10H2,(H,21,22). The smallest absolute Gasteiger partial charge is 0.335 e. The molecule has 0 bridgehead atoms. The number of benzene rings is 2. The molecule has 1 heterocycles. The van der Waals surface area contributed by atoms with E-state index in [1.54, 1.807) is 18.2 Å². The van der Waals surface area contributed by atoms with Crippen LogP contribution >= 0.6 is 0 Å². The lowest BCUT2D eigenvalue weighted by atomic mass is 10.0. The Labute approximate surface area is 129 Å². The quantitative estimate of drug-likeness (QED) is 0.941. The minimum atomic E-state index is -0.941. The fraction of sp³-hybridized carbons (Fsp3) is 0.222. The molecule has 2 aromatic carbocycles. The molecule has 0 aliphatic carbocycles. The second-order valence-electron chi connectivity index (χ2n) is 5.44. The van der Waals surface area contributed by atoms with Crippen molar-refractivity contribution in [1.82, 2.24) is 0 Å². The summed E-state index contributed by atoms with van der Waals surface area (Å²) in [4.78, 5) is 24.9. The minimum absolute atomic E-state index is 0.155. The number of piperidine rings is 1. The van der Waals surface area contributed by atoms with Crippen molar-refractivity contribution in [3.05, 3.63) is 54.1 Å². The van der Waals surface area contributed by atoms with E-state index in [1.807, 2.05) is 35.2 Å². The van der Waals surface area contributed by atoms with Crippen molar-refractivity contribution in [1.29, 1.82) is 0 Å². The molecule has 112 valence electrons. The van der Waals surface area contributed by atoms with Gasteiger partial charge in [-0.2, -0.15) is 0 Å². The van der Waals surface area contributed by atoms with E-state index in [1.165, 1.54) is 0 Å². The van der Waals surface area contributed by atoms with Crippen molar-refractivity contribution in [3.8, 4) is 11.1 Å². The van der Waals surface area contributed by atoms with E-state index in [9.17, 15) is 9.59 Å². The zero-order chi connectivity index (χ0) is 15.5. The summed E-state index contributed by atoms with van der Waals surface area (Å²) in [5.74, 6) is -0.785. The second-order valence-corrected chi connectivity index (χ2v) is 5.44. The van der Waals surface area contributed by atoms with Gasteiger partial charge in [-0.05, 0) is 48.2 Å². The van der Waals surface area contributed by atoms with E-state index in [2.05, 4.69) is 0 Å². The van der Waals surface area contributed by atoms with E-state index < -0.39 is 5.97 Å². The zero-order valence-corrected chi connectivity index (χ0v) is 12.2. The van der Waals surface area contributed by atoms with Crippen molar-refractivity contribution in [2.45, 2.75) is 19.3 Å². The fourth-order valence-electron chi connectivity index (χ4n) is 2.76. The van der Waals surface area contributed by atoms with Crippen molar-refractivity contribution < 1.29 is 14.7 Å². The molecular formula is C18H17NO3. The molecule has 0 unspecified atom stereocenters. The van der Waals surface area contributed by atoms with E-state index in [4.69, 9.17) is 5.11 Å². The third kappa shape index (κ3) is 2.86. The Balaban J connectivity index is 1.95. The first kappa shape index (κ1) is 14.3. The predicted molar refractivity (Wildman–Crippen MR) is 85.0 cm³/mol. The molecule has 0 saturated carbocycles. The van der Waals surface area contributed by atoms with Crippen LogP contribution in [0.25, 0.3) is 11.1 Å². The highest BCUT2D eigenvalue weighted by molar-refractivity contribution is 5.95. The largest absolute Gasteiger partial charge is 0.478 e. The van der Waals surface area contributed by atoms with E-state index in [-0.39, 0.29) is 11.5 Å². The molecule has 4 heteroatoms. The molecule has 0 radical (unpaired) electrons. The van der Waals surface area contributed by atoms with Gasteiger partial charge < -0.3 is 10.0 Å². The van der Waals surface area contributed by atoms with Gasteiger partial charge in [0.2, 0.25) is 5.91 Å². The van der Waals surface area contributed by atoms with Crippen LogP contribution in [0, 0.1) is 0 Å². The summed E-state index contributed by atoms with van der Waals surface area (Å²) in [6.45, 7) is 0.747. The Morgan fingerprint density at radius 1 is 1.00 bits per heavy atom. The molecular weight excluding hydrogens is 278 g/mol. The first-order chi connectivity index (χ1) is 10.6. The lowest BCUT2D eigenvalue weighted by Crippen LogP contribution is -2.35. The maximum absolute atomic E-state index is 12.0. The zero-order valence-electron chi connectivity index (χ0n) is 12.2. The predicted octanol–water partition coefficient (Wildman–Crippen LogP) is 3.57. The summed E-state index contributed by atoms with van der Waals surface area (Å²) in [5, 5.41) is 9.10. The molecule has 1 amide bonds. The highest BCUT2D eigenvalue weighted by atomic mass is 16.4. The van der Waals surface area contributed by atoms with Gasteiger partial charge in [0.25, 0.3) is 0 Å². The maximum atomic E-state index is 12.0. The second kappa shape index (κ2) is 6.02. The third-order valence-corrected chi connectivity index (χ3v) is 3.92. The molecule has 1 saturated heterocycles. The number of carbonyl (C=O) groups excluding carboxylic acids is 1. The topological polar surface area (TPSA) is 57.6 Å². The molecule has 1 N–H and O–H groups in total. The van der Waals surface area contributed by atoms with Crippen LogP contribution in [0.3, 0.4) is 0 Å². The van der Waals surface area contributed by atoms with Gasteiger partial charge in [0.1, 0.15) is 0 Å². The summed E-state index contributed by atoms with van der Waals surface area (Å²) >= 11 is 0. The Kier molecular flexibility index (Phi) is 3.92. The molecule has 1 aliphatic heterocycles. The molecule has 22 heavy (non-hydrogen) atoms. The Morgan fingerprint density at radius 2 is 1.73 bits per heavy atom. The Morgan fingerprint density at radius 3 is 2.45 bits per heavy atom. The molecule has 0 spiro atoms. The van der Waals surface area contributed by atoms with Crippen LogP contribution in [-0.2, 0) is 4.79 Å². The SMILES string of the molecule is O=C(O)c1cccc(-c2cccc(N3CCCCC3=O)c2)c1. The summed E-state index contributed by atoms with van der Waals surface area (Å²) in [5.41, 5.74) is 2.89. The average Bonchev–Trinajstić information content (AvgIpc) is 2.55. The number of aromatic carboxylic acids is 1. The van der Waals surface area contributed by atoms with Crippen LogP contribution in [0.4, 0.5) is 5.69 Å². The van der Waals surface area contributed by atoms with Gasteiger partial charge in [-0.25, -0.2) is 4.79 Å². The van der Waals surface area contributed by atoms with Crippen molar-refractivity contribution >= 4 is 17.6 Å². The monoisotopic (exact) mass is 295 g/mol. The van der Waals surface area contributed by atoms with Crippen molar-refractivity contribution in [3.63, 3.8) is 0 Å². The van der Waals surface area contributed by atoms with Crippen LogP contribution in [0.1, 0.15) is 29.6 Å². The number of carbonyl (C=O) groups is 2. The summed E-state index contributed by atoms with van der Waals surface area (Å²) in [7, 11) is 0. The first-order valence-corrected chi connectivity index (χ1v) is 7.39. The van der Waals surface area contributed by atoms with Gasteiger partial charge in [0.05, 0.1) is 5.56 Å². The molecule has 4 nitrogen and oxygen atoms in total. The van der Waals surface area contributed by atoms with Crippen LogP contribution in [0.15, 0.2) is 48.5 Å². The van der Waals surface area contributed by atoms with E-state index in [0.29, 0.717) is 6.42 Å². The van der Waals surface area contributed by atoms with Crippen molar-refractivity contribution in [2.24, 2.45) is 0 Å². The molecule has 0 atom stereocenters. The number of carboxylic acids is 1. The fourth-order valence-corrected chi connectivity index (χ4v) is 2.76. The van der Waals surface area contributed by atoms with Gasteiger partial charge in [0.15, 0.2) is 0 Å². The van der Waals surface area contributed by atoms with Crippen LogP contribution in [0.5, 0.6) is 0 Å². The normalized spacial score (nSPS) is 14.9. The van der Waals surface area contributed by atoms with E-state index in [0.717, 1.165) is 36.2 Å². The number of hydrogen-bond acceptors (Lipinski definition) is 2. The molecule has 0 aromatic heterocycles. The van der Waals surface area contributed by atoms with Gasteiger partial charge >= 0.3 is 5.97 Å². The lowest BCUT2D eigenvalue weighted by molar-refractivity contribution is -0.119. The first-order valence-electron chi connectivity index (χ1n) is 7.39. The molecule has 1 fully saturated rings. The van der Waals surface area contributed by atoms with Crippen LogP contribution < -0.4 is 4.90 Å². The number of carboxylic acid groups (broad SMARTS) is 1. The van der Waals surface area contributed by atoms with E-state index >= 15 is 0 Å². The highest BCUT2D eigenvalue weighted by Gasteiger charge is 2.19. The molecule has 2 aromatic rings. The summed E-state index contributed by atoms with van der Waals surface area (Å²) in [6, 6.07) is 14.5. The minimum Gasteiger partial charge on any atom is -0.478 e. The molecule has 3 rings (SSSR count). The number of hydrogen-bond donors (Lipinski definition) is 1. The maximum Gasteiger partial charge on any atom is 0.335 e. The number of amides is 1. The van der Waals surface area contributed by atoms with Crippen molar-refractivity contribution in [2.75, 3.05) is 11.4 Å². The van der Waals surface area contributed by atoms with Gasteiger partial charge in [-0.3, -0.25) is 4.79 Å². The lowest BCUT2D eigenvalue weighted by Gasteiger charge is -2.27. The Bertz CT molecular complexity index is 724. The van der Waals surface area contributed by atoms with Crippen LogP contribution in [0.2, 0.25) is 0 Å².